The van der Waals surface area contributed by atoms with Crippen molar-refractivity contribution in [2.45, 2.75) is 65.1 Å². The molecule has 0 radical (unpaired) electrons. The van der Waals surface area contributed by atoms with Gasteiger partial charge in [0, 0.05) is 13.1 Å². The van der Waals surface area contributed by atoms with E-state index < -0.39 is 11.2 Å². The molecular weight excluding hydrogens is 266 g/mol. The Bertz CT molecular complexity index is 424. The number of likely N-dealkylation sites (tertiary alicyclic amines) is 1. The predicted octanol–water partition coefficient (Wildman–Crippen LogP) is 3.66. The Hall–Kier alpha value is -1.29. The maximum atomic E-state index is 12.0. The Morgan fingerprint density at radius 3 is 2.29 bits per heavy atom. The lowest BCUT2D eigenvalue weighted by Gasteiger charge is -2.40. The van der Waals surface area contributed by atoms with E-state index in [4.69, 9.17) is 4.74 Å². The summed E-state index contributed by atoms with van der Waals surface area (Å²) in [6.45, 7) is 14.5. The van der Waals surface area contributed by atoms with Crippen molar-refractivity contribution in [1.29, 1.82) is 0 Å². The third-order valence-electron chi connectivity index (χ3n) is 3.94. The standard InChI is InChI=1S/C17H29NO3/c1-7-13(3)14(8-2)17(20)9-11-18(12-10-17)15(19)21-16(4,5)6/h8,20H,2,7,9-12H2,1,3-6H3/b14-13+. The minimum Gasteiger partial charge on any atom is -0.444 e. The number of hydrogen-bond donors (Lipinski definition) is 1. The van der Waals surface area contributed by atoms with Gasteiger partial charge in [0.1, 0.15) is 5.60 Å². The molecule has 4 heteroatoms. The summed E-state index contributed by atoms with van der Waals surface area (Å²) < 4.78 is 5.37. The summed E-state index contributed by atoms with van der Waals surface area (Å²) in [7, 11) is 0. The number of rotatable bonds is 3. The first-order valence-corrected chi connectivity index (χ1v) is 7.66. The van der Waals surface area contributed by atoms with Crippen LogP contribution in [0.4, 0.5) is 4.79 Å². The second-order valence-electron chi connectivity index (χ2n) is 6.75. The van der Waals surface area contributed by atoms with E-state index in [2.05, 4.69) is 13.5 Å². The van der Waals surface area contributed by atoms with Crippen molar-refractivity contribution in [1.82, 2.24) is 4.90 Å². The molecule has 0 unspecified atom stereocenters. The highest BCUT2D eigenvalue weighted by atomic mass is 16.6. The van der Waals surface area contributed by atoms with Crippen molar-refractivity contribution >= 4 is 6.09 Å². The van der Waals surface area contributed by atoms with Gasteiger partial charge in [-0.3, -0.25) is 0 Å². The average molecular weight is 295 g/mol. The van der Waals surface area contributed by atoms with Gasteiger partial charge in [0.2, 0.25) is 0 Å². The molecule has 0 aromatic rings. The van der Waals surface area contributed by atoms with Crippen LogP contribution in [0, 0.1) is 0 Å². The van der Waals surface area contributed by atoms with Gasteiger partial charge in [-0.1, -0.05) is 25.2 Å². The van der Waals surface area contributed by atoms with Gasteiger partial charge in [-0.25, -0.2) is 4.79 Å². The maximum Gasteiger partial charge on any atom is 0.410 e. The molecule has 1 heterocycles. The molecule has 1 aliphatic rings. The van der Waals surface area contributed by atoms with Crippen LogP contribution in [0.3, 0.4) is 0 Å². The van der Waals surface area contributed by atoms with Gasteiger partial charge in [-0.15, -0.1) is 0 Å². The fourth-order valence-corrected chi connectivity index (χ4v) is 2.61. The summed E-state index contributed by atoms with van der Waals surface area (Å²) >= 11 is 0. The van der Waals surface area contributed by atoms with Crippen LogP contribution in [-0.4, -0.2) is 40.4 Å². The highest BCUT2D eigenvalue weighted by Gasteiger charge is 2.37. The van der Waals surface area contributed by atoms with E-state index in [1.165, 1.54) is 0 Å². The molecule has 4 nitrogen and oxygen atoms in total. The number of ether oxygens (including phenoxy) is 1. The third-order valence-corrected chi connectivity index (χ3v) is 3.94. The lowest BCUT2D eigenvalue weighted by molar-refractivity contribution is -0.0122. The summed E-state index contributed by atoms with van der Waals surface area (Å²) in [5.41, 5.74) is 0.697. The van der Waals surface area contributed by atoms with Crippen molar-refractivity contribution in [3.8, 4) is 0 Å². The summed E-state index contributed by atoms with van der Waals surface area (Å²) in [6.07, 6.45) is 3.37. The Morgan fingerprint density at radius 1 is 1.38 bits per heavy atom. The first kappa shape index (κ1) is 17.8. The number of amides is 1. The molecule has 0 atom stereocenters. The molecule has 0 aliphatic carbocycles. The molecule has 21 heavy (non-hydrogen) atoms. The number of hydrogen-bond acceptors (Lipinski definition) is 3. The van der Waals surface area contributed by atoms with E-state index in [1.807, 2.05) is 27.7 Å². The zero-order valence-corrected chi connectivity index (χ0v) is 14.0. The molecule has 0 aromatic carbocycles. The number of aliphatic hydroxyl groups is 1. The van der Waals surface area contributed by atoms with Crippen molar-refractivity contribution in [3.05, 3.63) is 23.8 Å². The van der Waals surface area contributed by atoms with E-state index in [0.717, 1.165) is 17.6 Å². The fraction of sp³-hybridized carbons (Fsp3) is 0.706. The maximum absolute atomic E-state index is 12.0. The summed E-state index contributed by atoms with van der Waals surface area (Å²) in [6, 6.07) is 0. The fourth-order valence-electron chi connectivity index (χ4n) is 2.61. The van der Waals surface area contributed by atoms with Gasteiger partial charge in [-0.2, -0.15) is 0 Å². The minimum absolute atomic E-state index is 0.305. The molecule has 1 saturated heterocycles. The van der Waals surface area contributed by atoms with Crippen molar-refractivity contribution in [3.63, 3.8) is 0 Å². The Balaban J connectivity index is 2.75. The largest absolute Gasteiger partial charge is 0.444 e. The van der Waals surface area contributed by atoms with Crippen molar-refractivity contribution in [2.75, 3.05) is 13.1 Å². The molecule has 1 amide bonds. The first-order valence-electron chi connectivity index (χ1n) is 7.66. The summed E-state index contributed by atoms with van der Waals surface area (Å²) in [5.74, 6) is 0. The first-order chi connectivity index (χ1) is 9.63. The van der Waals surface area contributed by atoms with Crippen LogP contribution in [-0.2, 0) is 4.74 Å². The van der Waals surface area contributed by atoms with E-state index in [1.54, 1.807) is 11.0 Å². The van der Waals surface area contributed by atoms with Gasteiger partial charge in [0.15, 0.2) is 0 Å². The molecule has 0 aromatic heterocycles. The Labute approximate surface area is 128 Å². The van der Waals surface area contributed by atoms with Crippen LogP contribution in [0.25, 0.3) is 0 Å². The zero-order valence-electron chi connectivity index (χ0n) is 14.0. The normalized spacial score (nSPS) is 19.8. The molecule has 0 saturated carbocycles. The lowest BCUT2D eigenvalue weighted by Crippen LogP contribution is -2.48. The molecular formula is C17H29NO3. The average Bonchev–Trinajstić information content (AvgIpc) is 2.37. The molecule has 0 bridgehead atoms. The van der Waals surface area contributed by atoms with E-state index in [0.29, 0.717) is 25.9 Å². The molecule has 1 aliphatic heterocycles. The topological polar surface area (TPSA) is 49.8 Å². The number of nitrogens with zero attached hydrogens (tertiary/aromatic N) is 1. The number of allylic oxidation sites excluding steroid dienone is 1. The van der Waals surface area contributed by atoms with Crippen LogP contribution in [0.2, 0.25) is 0 Å². The zero-order chi connectivity index (χ0) is 16.3. The van der Waals surface area contributed by atoms with Crippen LogP contribution in [0.5, 0.6) is 0 Å². The molecule has 1 fully saturated rings. The molecule has 1 rings (SSSR count). The van der Waals surface area contributed by atoms with Gasteiger partial charge in [-0.05, 0) is 52.5 Å². The van der Waals surface area contributed by atoms with Gasteiger partial charge in [0.25, 0.3) is 0 Å². The third kappa shape index (κ3) is 4.60. The van der Waals surface area contributed by atoms with Crippen LogP contribution < -0.4 is 0 Å². The highest BCUT2D eigenvalue weighted by molar-refractivity contribution is 5.68. The Kier molecular flexibility index (Phi) is 5.62. The van der Waals surface area contributed by atoms with E-state index in [-0.39, 0.29) is 6.09 Å². The SMILES string of the molecule is C=C/C(=C(/C)CC)C1(O)CCN(C(=O)OC(C)(C)C)CC1. The van der Waals surface area contributed by atoms with Crippen molar-refractivity contribution in [2.24, 2.45) is 0 Å². The second-order valence-corrected chi connectivity index (χ2v) is 6.75. The number of carbonyl (C=O) groups is 1. The highest BCUT2D eigenvalue weighted by Crippen LogP contribution is 2.33. The summed E-state index contributed by atoms with van der Waals surface area (Å²) in [5, 5.41) is 10.9. The second kappa shape index (κ2) is 6.65. The lowest BCUT2D eigenvalue weighted by atomic mass is 9.81. The molecule has 1 N–H and O–H groups in total. The minimum atomic E-state index is -0.875. The van der Waals surface area contributed by atoms with Crippen molar-refractivity contribution < 1.29 is 14.6 Å². The van der Waals surface area contributed by atoms with Crippen LogP contribution in [0.1, 0.15) is 53.9 Å². The van der Waals surface area contributed by atoms with Crippen LogP contribution >= 0.6 is 0 Å². The number of piperidine rings is 1. The monoisotopic (exact) mass is 295 g/mol. The van der Waals surface area contributed by atoms with Gasteiger partial charge in [0.05, 0.1) is 5.60 Å². The Morgan fingerprint density at radius 2 is 1.90 bits per heavy atom. The quantitative estimate of drug-likeness (QED) is 0.808. The predicted molar refractivity (Wildman–Crippen MR) is 85.2 cm³/mol. The van der Waals surface area contributed by atoms with E-state index in [9.17, 15) is 9.90 Å². The van der Waals surface area contributed by atoms with Crippen LogP contribution in [0.15, 0.2) is 23.8 Å². The number of carbonyl (C=O) groups excluding carboxylic acids is 1. The molecule has 0 spiro atoms. The van der Waals surface area contributed by atoms with Gasteiger partial charge >= 0.3 is 6.09 Å². The smallest absolute Gasteiger partial charge is 0.410 e. The van der Waals surface area contributed by atoms with E-state index >= 15 is 0 Å². The molecule has 120 valence electrons. The summed E-state index contributed by atoms with van der Waals surface area (Å²) in [4.78, 5) is 13.7. The van der Waals surface area contributed by atoms with Gasteiger partial charge < -0.3 is 14.7 Å².